The summed E-state index contributed by atoms with van der Waals surface area (Å²) >= 11 is 0. The first kappa shape index (κ1) is 84.8. The molecule has 2 heterocycles. The summed E-state index contributed by atoms with van der Waals surface area (Å²) in [6.45, 7) is 2.87. The highest BCUT2D eigenvalue weighted by Crippen LogP contribution is 2.30. The molecule has 534 valence electrons. The summed E-state index contributed by atoms with van der Waals surface area (Å²) in [6.07, 6.45) is 60.1. The Hall–Kier alpha value is -1.27. The van der Waals surface area contributed by atoms with Crippen LogP contribution >= 0.6 is 0 Å². The molecule has 2 aliphatic rings. The number of nitrogens with one attached hydrogen (secondary N) is 1. The maximum absolute atomic E-state index is 13.4. The van der Waals surface area contributed by atoms with Gasteiger partial charge in [0.2, 0.25) is 5.91 Å². The number of unbranched alkanes of at least 4 members (excludes halogenated alkanes) is 53. The molecule has 0 spiro atoms. The van der Waals surface area contributed by atoms with E-state index >= 15 is 0 Å². The van der Waals surface area contributed by atoms with Gasteiger partial charge >= 0.3 is 0 Å². The van der Waals surface area contributed by atoms with Gasteiger partial charge in [-0.1, -0.05) is 360 Å². The molecule has 9 N–H and O–H groups in total. The van der Waals surface area contributed by atoms with Crippen LogP contribution in [0.5, 0.6) is 0 Å². The fourth-order valence-corrected chi connectivity index (χ4v) is 13.3. The average Bonchev–Trinajstić information content (AvgIpc) is 1.29. The summed E-state index contributed by atoms with van der Waals surface area (Å²) in [6, 6.07) is -0.912. The van der Waals surface area contributed by atoms with Crippen molar-refractivity contribution in [3.8, 4) is 0 Å². The summed E-state index contributed by atoms with van der Waals surface area (Å²) in [4.78, 5) is 13.4. The summed E-state index contributed by atoms with van der Waals surface area (Å²) in [5, 5.41) is 87.6. The van der Waals surface area contributed by atoms with Crippen molar-refractivity contribution in [3.05, 3.63) is 12.2 Å². The van der Waals surface area contributed by atoms with Gasteiger partial charge in [-0.2, -0.15) is 0 Å². The molecule has 0 aliphatic carbocycles. The molecule has 2 rings (SSSR count). The number of ether oxygens (including phenoxy) is 4. The standard InChI is InChI=1S/C76H147NO13/c1-3-5-7-9-11-13-15-17-19-21-23-25-27-28-29-30-31-32-33-34-35-36-38-39-41-43-45-47-49-51-53-55-57-59-65(80)64(63-87-75-73(86)71(84)74(67(62-79)89-75)90-76-72(85)70(83)69(82)66(61-78)88-76)77-68(81)60-58-56-54-52-50-48-46-44-42-40-37-26-24-22-20-18-16-14-12-10-8-6-4-2/h57,59,64-67,69-76,78-80,82-86H,3-56,58,60-63H2,1-2H3,(H,77,81)/b59-57+. The van der Waals surface area contributed by atoms with E-state index in [1.54, 1.807) is 6.08 Å². The zero-order valence-electron chi connectivity index (χ0n) is 58.4. The monoisotopic (exact) mass is 1280 g/mol. The van der Waals surface area contributed by atoms with E-state index in [-0.39, 0.29) is 18.9 Å². The minimum atomic E-state index is -1.79. The van der Waals surface area contributed by atoms with Crippen molar-refractivity contribution >= 4 is 5.91 Å². The second-order valence-corrected chi connectivity index (χ2v) is 27.9. The fourth-order valence-electron chi connectivity index (χ4n) is 13.3. The number of allylic oxidation sites excluding steroid dienone is 1. The molecule has 1 amide bonds. The van der Waals surface area contributed by atoms with E-state index < -0.39 is 86.8 Å². The van der Waals surface area contributed by atoms with E-state index in [1.165, 1.54) is 308 Å². The van der Waals surface area contributed by atoms with Crippen LogP contribution in [0.4, 0.5) is 0 Å². The molecule has 0 radical (unpaired) electrons. The summed E-state index contributed by atoms with van der Waals surface area (Å²) < 4.78 is 22.9. The average molecular weight is 1280 g/mol. The summed E-state index contributed by atoms with van der Waals surface area (Å²) in [7, 11) is 0. The zero-order valence-corrected chi connectivity index (χ0v) is 58.4. The van der Waals surface area contributed by atoms with Crippen LogP contribution in [0.2, 0.25) is 0 Å². The van der Waals surface area contributed by atoms with E-state index in [2.05, 4.69) is 19.2 Å². The Morgan fingerprint density at radius 2 is 0.689 bits per heavy atom. The summed E-state index contributed by atoms with van der Waals surface area (Å²) in [5.74, 6) is -0.230. The van der Waals surface area contributed by atoms with Gasteiger partial charge in [0.25, 0.3) is 0 Å². The fraction of sp³-hybridized carbons (Fsp3) is 0.961. The number of carbonyl (C=O) groups excluding carboxylic acids is 1. The third-order valence-electron chi connectivity index (χ3n) is 19.5. The quantitative estimate of drug-likeness (QED) is 0.0204. The Kier molecular flexibility index (Phi) is 57.8. The maximum atomic E-state index is 13.4. The molecular weight excluding hydrogens is 1130 g/mol. The van der Waals surface area contributed by atoms with Crippen LogP contribution in [0.25, 0.3) is 0 Å². The second-order valence-electron chi connectivity index (χ2n) is 27.9. The number of carbonyl (C=O) groups is 1. The van der Waals surface area contributed by atoms with Crippen molar-refractivity contribution in [3.63, 3.8) is 0 Å². The minimum absolute atomic E-state index is 0.230. The lowest BCUT2D eigenvalue weighted by Crippen LogP contribution is -2.65. The molecule has 14 nitrogen and oxygen atoms in total. The number of hydrogen-bond acceptors (Lipinski definition) is 13. The first-order valence-corrected chi connectivity index (χ1v) is 38.9. The molecule has 12 unspecified atom stereocenters. The Bertz CT molecular complexity index is 1560. The number of amides is 1. The molecule has 0 saturated carbocycles. The van der Waals surface area contributed by atoms with Gasteiger partial charge in [-0.3, -0.25) is 4.79 Å². The molecule has 0 aromatic heterocycles. The van der Waals surface area contributed by atoms with Crippen LogP contribution in [0, 0.1) is 0 Å². The molecule has 90 heavy (non-hydrogen) atoms. The van der Waals surface area contributed by atoms with E-state index in [4.69, 9.17) is 18.9 Å². The predicted octanol–water partition coefficient (Wildman–Crippen LogP) is 16.9. The van der Waals surface area contributed by atoms with Gasteiger partial charge in [0, 0.05) is 6.42 Å². The lowest BCUT2D eigenvalue weighted by Gasteiger charge is -2.46. The van der Waals surface area contributed by atoms with Crippen molar-refractivity contribution in [1.29, 1.82) is 0 Å². The molecule has 0 bridgehead atoms. The zero-order chi connectivity index (χ0) is 65.2. The molecule has 0 aromatic carbocycles. The van der Waals surface area contributed by atoms with Crippen LogP contribution < -0.4 is 5.32 Å². The highest BCUT2D eigenvalue weighted by Gasteiger charge is 2.51. The third-order valence-corrected chi connectivity index (χ3v) is 19.5. The molecule has 2 saturated heterocycles. The van der Waals surface area contributed by atoms with Gasteiger partial charge in [0.15, 0.2) is 12.6 Å². The van der Waals surface area contributed by atoms with E-state index in [9.17, 15) is 45.6 Å². The minimum Gasteiger partial charge on any atom is -0.394 e. The number of hydrogen-bond donors (Lipinski definition) is 9. The van der Waals surface area contributed by atoms with Crippen molar-refractivity contribution in [1.82, 2.24) is 5.32 Å². The van der Waals surface area contributed by atoms with Crippen LogP contribution in [0.1, 0.15) is 373 Å². The normalized spacial score (nSPS) is 22.9. The van der Waals surface area contributed by atoms with Crippen molar-refractivity contribution in [2.75, 3.05) is 19.8 Å². The SMILES string of the molecule is CCCCCCCCCCCCCCCCCCCCCCCCCCCCCCCCC/C=C/C(O)C(COC1OC(CO)C(OC2OC(CO)C(O)C(O)C2O)C(O)C1O)NC(=O)CCCCCCCCCCCCCCCCCCCCCCCCC. The van der Waals surface area contributed by atoms with Gasteiger partial charge in [-0.05, 0) is 19.3 Å². The van der Waals surface area contributed by atoms with Gasteiger partial charge in [0.05, 0.1) is 32.0 Å². The smallest absolute Gasteiger partial charge is 0.220 e. The van der Waals surface area contributed by atoms with Crippen molar-refractivity contribution in [2.45, 2.75) is 447 Å². The van der Waals surface area contributed by atoms with Crippen LogP contribution in [0.15, 0.2) is 12.2 Å². The van der Waals surface area contributed by atoms with E-state index in [1.807, 2.05) is 6.08 Å². The van der Waals surface area contributed by atoms with Gasteiger partial charge in [0.1, 0.15) is 48.8 Å². The number of aliphatic hydroxyl groups is 8. The van der Waals surface area contributed by atoms with Crippen LogP contribution in [0.3, 0.4) is 0 Å². The van der Waals surface area contributed by atoms with Gasteiger partial charge < -0.3 is 65.1 Å². The number of aliphatic hydroxyl groups excluding tert-OH is 8. The largest absolute Gasteiger partial charge is 0.394 e. The Morgan fingerprint density at radius 3 is 1.02 bits per heavy atom. The lowest BCUT2D eigenvalue weighted by atomic mass is 9.97. The first-order valence-electron chi connectivity index (χ1n) is 38.9. The summed E-state index contributed by atoms with van der Waals surface area (Å²) in [5.41, 5.74) is 0. The Balaban J connectivity index is 1.62. The molecule has 0 aromatic rings. The molecule has 14 heteroatoms. The molecule has 12 atom stereocenters. The predicted molar refractivity (Wildman–Crippen MR) is 369 cm³/mol. The van der Waals surface area contributed by atoms with Gasteiger partial charge in [-0.15, -0.1) is 0 Å². The lowest BCUT2D eigenvalue weighted by molar-refractivity contribution is -0.359. The maximum Gasteiger partial charge on any atom is 0.220 e. The number of rotatable bonds is 66. The molecular formula is C76H147NO13. The van der Waals surface area contributed by atoms with Crippen LogP contribution in [-0.2, 0) is 23.7 Å². The Labute approximate surface area is 552 Å². The van der Waals surface area contributed by atoms with Crippen molar-refractivity contribution < 1.29 is 64.6 Å². The first-order chi connectivity index (χ1) is 44.1. The second kappa shape index (κ2) is 61.3. The Morgan fingerprint density at radius 1 is 0.389 bits per heavy atom. The van der Waals surface area contributed by atoms with E-state index in [0.29, 0.717) is 0 Å². The highest BCUT2D eigenvalue weighted by atomic mass is 16.7. The third kappa shape index (κ3) is 44.5. The van der Waals surface area contributed by atoms with E-state index in [0.717, 1.165) is 44.9 Å². The molecule has 2 aliphatic heterocycles. The molecule has 2 fully saturated rings. The van der Waals surface area contributed by atoms with Crippen LogP contribution in [-0.4, -0.2) is 140 Å². The topological polar surface area (TPSA) is 228 Å². The highest BCUT2D eigenvalue weighted by molar-refractivity contribution is 5.76. The van der Waals surface area contributed by atoms with Crippen molar-refractivity contribution in [2.24, 2.45) is 0 Å². The van der Waals surface area contributed by atoms with Gasteiger partial charge in [-0.25, -0.2) is 0 Å².